The molecule has 1 heterocycles. The van der Waals surface area contributed by atoms with Crippen LogP contribution in [0.25, 0.3) is 0 Å². The number of halogens is 2. The Labute approximate surface area is 143 Å². The van der Waals surface area contributed by atoms with Crippen LogP contribution >= 0.6 is 0 Å². The van der Waals surface area contributed by atoms with Crippen molar-refractivity contribution in [2.24, 2.45) is 35.0 Å². The maximum Gasteiger partial charge on any atom is 0.248 e. The highest BCUT2D eigenvalue weighted by atomic mass is 19.3. The van der Waals surface area contributed by atoms with Gasteiger partial charge >= 0.3 is 0 Å². The maximum absolute atomic E-state index is 14.0. The molecular weight excluding hydrogens is 306 g/mol. The second-order valence-corrected chi connectivity index (χ2v) is 10.4. The summed E-state index contributed by atoms with van der Waals surface area (Å²) in [6.45, 7) is 2.37. The van der Waals surface area contributed by atoms with Crippen LogP contribution in [0.15, 0.2) is 0 Å². The average Bonchev–Trinajstić information content (AvgIpc) is 3.45. The Hall–Kier alpha value is -0.180. The monoisotopic (exact) mass is 336 g/mol. The first-order chi connectivity index (χ1) is 11.4. The largest absolute Gasteiger partial charge is 0.362 e. The lowest BCUT2D eigenvalue weighted by molar-refractivity contribution is -0.157. The lowest BCUT2D eigenvalue weighted by Gasteiger charge is -2.59. The first-order valence-corrected chi connectivity index (χ1v) is 10.5. The van der Waals surface area contributed by atoms with Crippen molar-refractivity contribution in [3.05, 3.63) is 0 Å². The van der Waals surface area contributed by atoms with E-state index >= 15 is 0 Å². The Bertz CT molecular complexity index is 586. The van der Waals surface area contributed by atoms with Gasteiger partial charge in [-0.15, -0.1) is 0 Å². The highest BCUT2D eigenvalue weighted by Crippen LogP contribution is 2.77. The number of rotatable bonds is 1. The molecule has 5 aliphatic carbocycles. The van der Waals surface area contributed by atoms with Gasteiger partial charge in [-0.1, -0.05) is 6.92 Å². The fourth-order valence-electron chi connectivity index (χ4n) is 8.50. The van der Waals surface area contributed by atoms with Gasteiger partial charge in [0.1, 0.15) is 11.2 Å². The molecule has 6 aliphatic rings. The number of ether oxygens (including phenoxy) is 1. The van der Waals surface area contributed by atoms with E-state index in [1.807, 2.05) is 0 Å². The minimum Gasteiger partial charge on any atom is -0.362 e. The molecule has 0 bridgehead atoms. The highest BCUT2D eigenvalue weighted by Gasteiger charge is 2.82. The van der Waals surface area contributed by atoms with Crippen LogP contribution in [0.2, 0.25) is 0 Å². The summed E-state index contributed by atoms with van der Waals surface area (Å²) in [7, 11) is 0. The molecule has 0 aromatic carbocycles. The molecule has 0 aromatic heterocycles. The zero-order valence-corrected chi connectivity index (χ0v) is 14.8. The van der Waals surface area contributed by atoms with Gasteiger partial charge in [-0.25, -0.2) is 8.78 Å². The highest BCUT2D eigenvalue weighted by molar-refractivity contribution is 5.30. The first kappa shape index (κ1) is 14.9. The van der Waals surface area contributed by atoms with Crippen LogP contribution in [0.1, 0.15) is 77.6 Å². The van der Waals surface area contributed by atoms with Crippen molar-refractivity contribution in [2.45, 2.75) is 94.7 Å². The lowest BCUT2D eigenvalue weighted by Crippen LogP contribution is -2.54. The van der Waals surface area contributed by atoms with Crippen LogP contribution in [0.5, 0.6) is 0 Å². The van der Waals surface area contributed by atoms with Gasteiger partial charge in [0, 0.05) is 12.8 Å². The second-order valence-electron chi connectivity index (χ2n) is 10.4. The molecule has 0 radical (unpaired) electrons. The van der Waals surface area contributed by atoms with Crippen molar-refractivity contribution < 1.29 is 13.5 Å². The summed E-state index contributed by atoms with van der Waals surface area (Å²) in [6, 6.07) is 0. The molecule has 5 saturated carbocycles. The number of hydrogen-bond donors (Lipinski definition) is 0. The zero-order chi connectivity index (χ0) is 16.4. The van der Waals surface area contributed by atoms with Gasteiger partial charge in [-0.2, -0.15) is 0 Å². The zero-order valence-electron chi connectivity index (χ0n) is 14.8. The van der Waals surface area contributed by atoms with E-state index in [0.717, 1.165) is 30.6 Å². The van der Waals surface area contributed by atoms with Crippen LogP contribution in [0, 0.1) is 35.0 Å². The summed E-state index contributed by atoms with van der Waals surface area (Å²) in [6.07, 6.45) is 11.2. The van der Waals surface area contributed by atoms with Crippen LogP contribution in [0.3, 0.4) is 0 Å². The molecule has 6 fully saturated rings. The molecule has 1 saturated heterocycles. The van der Waals surface area contributed by atoms with Gasteiger partial charge in [0.2, 0.25) is 5.92 Å². The van der Waals surface area contributed by atoms with E-state index in [9.17, 15) is 8.78 Å². The summed E-state index contributed by atoms with van der Waals surface area (Å²) < 4.78 is 34.5. The van der Waals surface area contributed by atoms with Gasteiger partial charge in [-0.05, 0) is 92.8 Å². The van der Waals surface area contributed by atoms with Crippen molar-refractivity contribution in [2.75, 3.05) is 0 Å². The molecule has 134 valence electrons. The number of fused-ring (bicyclic) bond motifs is 4. The molecule has 6 rings (SSSR count). The Kier molecular flexibility index (Phi) is 2.62. The summed E-state index contributed by atoms with van der Waals surface area (Å²) >= 11 is 0. The van der Waals surface area contributed by atoms with Crippen LogP contribution < -0.4 is 0 Å². The maximum atomic E-state index is 14.0. The van der Waals surface area contributed by atoms with Gasteiger partial charge in [-0.3, -0.25) is 0 Å². The van der Waals surface area contributed by atoms with E-state index in [2.05, 4.69) is 6.92 Å². The smallest absolute Gasteiger partial charge is 0.248 e. The van der Waals surface area contributed by atoms with E-state index in [0.29, 0.717) is 5.92 Å². The third-order valence-electron chi connectivity index (χ3n) is 9.76. The van der Waals surface area contributed by atoms with Gasteiger partial charge in [0.05, 0.1) is 0 Å². The fourth-order valence-corrected chi connectivity index (χ4v) is 8.50. The van der Waals surface area contributed by atoms with E-state index in [4.69, 9.17) is 4.74 Å². The van der Waals surface area contributed by atoms with Gasteiger partial charge in [0.25, 0.3) is 0 Å². The third-order valence-corrected chi connectivity index (χ3v) is 9.76. The minimum absolute atomic E-state index is 0.127. The van der Waals surface area contributed by atoms with Crippen molar-refractivity contribution >= 4 is 0 Å². The van der Waals surface area contributed by atoms with Crippen molar-refractivity contribution in [3.63, 3.8) is 0 Å². The Balaban J connectivity index is 1.30. The average molecular weight is 336 g/mol. The van der Waals surface area contributed by atoms with Crippen LogP contribution in [-0.2, 0) is 4.74 Å². The summed E-state index contributed by atoms with van der Waals surface area (Å²) in [5, 5.41) is 0. The van der Waals surface area contributed by atoms with Crippen LogP contribution in [-0.4, -0.2) is 17.1 Å². The Morgan fingerprint density at radius 3 is 2.25 bits per heavy atom. The molecule has 0 amide bonds. The summed E-state index contributed by atoms with van der Waals surface area (Å²) in [5.41, 5.74) is 0.684. The van der Waals surface area contributed by atoms with Gasteiger partial charge in [0.15, 0.2) is 0 Å². The topological polar surface area (TPSA) is 12.5 Å². The molecule has 1 nitrogen and oxygen atoms in total. The number of hydrogen-bond acceptors (Lipinski definition) is 1. The normalized spacial score (nSPS) is 60.6. The minimum atomic E-state index is -2.40. The van der Waals surface area contributed by atoms with E-state index in [-0.39, 0.29) is 35.4 Å². The third kappa shape index (κ3) is 1.60. The summed E-state index contributed by atoms with van der Waals surface area (Å²) in [5.74, 6) is 0.903. The molecule has 7 atom stereocenters. The predicted octanol–water partition coefficient (Wildman–Crippen LogP) is 5.58. The Morgan fingerprint density at radius 2 is 1.46 bits per heavy atom. The molecule has 3 heteroatoms. The molecule has 1 aliphatic heterocycles. The molecule has 0 N–H and O–H groups in total. The van der Waals surface area contributed by atoms with Crippen molar-refractivity contribution in [3.8, 4) is 0 Å². The van der Waals surface area contributed by atoms with E-state index in [1.54, 1.807) is 0 Å². The standard InChI is InChI=1S/C21H30F2O/c1-18-10-11-19(22,23)12-14(18)4-5-15-16(18)6-9-21-17(15)7-8-20(21,24-21)13-2-3-13/h13-17H,2-12H2,1H3/t14-,15+,16?,17?,18-,20+,21+/m0/s1. The molecular formula is C21H30F2O. The Morgan fingerprint density at radius 1 is 0.750 bits per heavy atom. The van der Waals surface area contributed by atoms with E-state index in [1.165, 1.54) is 44.9 Å². The van der Waals surface area contributed by atoms with Crippen molar-refractivity contribution in [1.29, 1.82) is 0 Å². The second kappa shape index (κ2) is 4.21. The quantitative estimate of drug-likeness (QED) is 0.570. The van der Waals surface area contributed by atoms with Crippen LogP contribution in [0.4, 0.5) is 8.78 Å². The number of alkyl halides is 2. The molecule has 24 heavy (non-hydrogen) atoms. The van der Waals surface area contributed by atoms with Crippen molar-refractivity contribution in [1.82, 2.24) is 0 Å². The van der Waals surface area contributed by atoms with E-state index < -0.39 is 5.92 Å². The van der Waals surface area contributed by atoms with Gasteiger partial charge < -0.3 is 4.74 Å². The SMILES string of the molecule is C[C@]12CCC(F)(F)C[C@@H]1CC[C@@H]1C2CC[C@]23O[C@@]2(C2CC2)CCC13. The lowest BCUT2D eigenvalue weighted by atomic mass is 9.46. The first-order valence-electron chi connectivity index (χ1n) is 10.5. The number of epoxide rings is 1. The fraction of sp³-hybridized carbons (Fsp3) is 1.00. The molecule has 0 aromatic rings. The summed E-state index contributed by atoms with van der Waals surface area (Å²) in [4.78, 5) is 0. The molecule has 1 spiro atoms. The molecule has 2 unspecified atom stereocenters. The predicted molar refractivity (Wildman–Crippen MR) is 87.8 cm³/mol.